The molecule has 0 unspecified atom stereocenters. The summed E-state index contributed by atoms with van der Waals surface area (Å²) in [6, 6.07) is 0. The highest BCUT2D eigenvalue weighted by atomic mass is 16.6. The van der Waals surface area contributed by atoms with Crippen LogP contribution in [0.4, 0.5) is 0 Å². The van der Waals surface area contributed by atoms with Crippen LogP contribution in [0.2, 0.25) is 0 Å². The zero-order chi connectivity index (χ0) is 16.6. The van der Waals surface area contributed by atoms with Crippen molar-refractivity contribution in [2.24, 2.45) is 11.8 Å². The second kappa shape index (κ2) is 6.54. The topological polar surface area (TPSA) is 62.3 Å². The van der Waals surface area contributed by atoms with Gasteiger partial charge >= 0.3 is 5.97 Å². The minimum atomic E-state index is -0.136. The van der Waals surface area contributed by atoms with Gasteiger partial charge in [-0.15, -0.1) is 0 Å². The van der Waals surface area contributed by atoms with Crippen molar-refractivity contribution in [3.63, 3.8) is 0 Å². The zero-order valence-corrected chi connectivity index (χ0v) is 14.5. The number of fused-ring (bicyclic) bond motifs is 3. The lowest BCUT2D eigenvalue weighted by Gasteiger charge is -2.25. The first kappa shape index (κ1) is 16.9. The third kappa shape index (κ3) is 3.47. The van der Waals surface area contributed by atoms with Gasteiger partial charge in [-0.3, -0.25) is 4.79 Å². The number of aliphatic hydroxyl groups is 1. The van der Waals surface area contributed by atoms with E-state index in [0.29, 0.717) is 13.1 Å². The Labute approximate surface area is 138 Å². The van der Waals surface area contributed by atoms with E-state index in [9.17, 15) is 4.79 Å². The fourth-order valence-corrected chi connectivity index (χ4v) is 4.15. The first-order chi connectivity index (χ1) is 10.9. The highest BCUT2D eigenvalue weighted by molar-refractivity contribution is 5.75. The van der Waals surface area contributed by atoms with Crippen LogP contribution in [0.5, 0.6) is 0 Å². The number of rotatable bonds is 4. The van der Waals surface area contributed by atoms with Gasteiger partial charge in [0.05, 0.1) is 18.1 Å². The molecule has 1 aliphatic carbocycles. The molecule has 0 bridgehead atoms. The maximum atomic E-state index is 12.4. The molecular formula is C18H29NO4. The second-order valence-electron chi connectivity index (χ2n) is 7.64. The molecule has 3 rings (SSSR count). The summed E-state index contributed by atoms with van der Waals surface area (Å²) in [6.07, 6.45) is 6.27. The molecule has 23 heavy (non-hydrogen) atoms. The van der Waals surface area contributed by atoms with Crippen molar-refractivity contribution < 1.29 is 19.4 Å². The number of hydrogen-bond acceptors (Lipinski definition) is 5. The standard InChI is InChI=1S/C18H29NO4/c1-12-5-4-8-18(2)16(23-18)15-13(7-6-12)14(17(21)22-15)11-19(3)9-10-20/h5,13-16,20H,4,6-11H2,1-3H3/b12-5+/t13-,14-,15-,16-,18+/m0/s1. The lowest BCUT2D eigenvalue weighted by molar-refractivity contribution is -0.145. The number of epoxide rings is 1. The second-order valence-corrected chi connectivity index (χ2v) is 7.64. The van der Waals surface area contributed by atoms with Gasteiger partial charge in [-0.05, 0) is 46.6 Å². The summed E-state index contributed by atoms with van der Waals surface area (Å²) >= 11 is 0. The lowest BCUT2D eigenvalue weighted by atomic mass is 9.80. The summed E-state index contributed by atoms with van der Waals surface area (Å²) in [5.41, 5.74) is 1.26. The molecule has 0 radical (unpaired) electrons. The molecule has 2 heterocycles. The van der Waals surface area contributed by atoms with Gasteiger partial charge in [0.25, 0.3) is 0 Å². The number of carbonyl (C=O) groups is 1. The number of carbonyl (C=O) groups excluding carboxylic acids is 1. The number of allylic oxidation sites excluding steroid dienone is 2. The van der Waals surface area contributed by atoms with Crippen LogP contribution < -0.4 is 0 Å². The van der Waals surface area contributed by atoms with Gasteiger partial charge in [0.15, 0.2) is 0 Å². The highest BCUT2D eigenvalue weighted by Gasteiger charge is 2.62. The summed E-state index contributed by atoms with van der Waals surface area (Å²) in [7, 11) is 1.94. The molecule has 0 spiro atoms. The fourth-order valence-electron chi connectivity index (χ4n) is 4.15. The summed E-state index contributed by atoms with van der Waals surface area (Å²) < 4.78 is 11.7. The van der Waals surface area contributed by atoms with Crippen molar-refractivity contribution in [1.29, 1.82) is 0 Å². The summed E-state index contributed by atoms with van der Waals surface area (Å²) in [5, 5.41) is 9.09. The summed E-state index contributed by atoms with van der Waals surface area (Å²) in [4.78, 5) is 14.5. The van der Waals surface area contributed by atoms with Crippen molar-refractivity contribution in [1.82, 2.24) is 4.90 Å². The predicted molar refractivity (Wildman–Crippen MR) is 86.9 cm³/mol. The first-order valence-corrected chi connectivity index (χ1v) is 8.78. The van der Waals surface area contributed by atoms with Gasteiger partial charge in [-0.1, -0.05) is 11.6 Å². The van der Waals surface area contributed by atoms with Gasteiger partial charge in [-0.25, -0.2) is 0 Å². The van der Waals surface area contributed by atoms with Crippen molar-refractivity contribution in [2.75, 3.05) is 26.7 Å². The maximum Gasteiger partial charge on any atom is 0.311 e. The number of nitrogens with zero attached hydrogens (tertiary/aromatic N) is 1. The fraction of sp³-hybridized carbons (Fsp3) is 0.833. The Morgan fingerprint density at radius 1 is 1.48 bits per heavy atom. The third-order valence-corrected chi connectivity index (χ3v) is 5.73. The van der Waals surface area contributed by atoms with E-state index in [4.69, 9.17) is 14.6 Å². The molecule has 2 aliphatic heterocycles. The van der Waals surface area contributed by atoms with Crippen molar-refractivity contribution in [2.45, 2.75) is 57.3 Å². The molecule has 2 saturated heterocycles. The normalized spacial score (nSPS) is 42.5. The van der Waals surface area contributed by atoms with Crippen LogP contribution in [-0.2, 0) is 14.3 Å². The Balaban J connectivity index is 1.77. The summed E-state index contributed by atoms with van der Waals surface area (Å²) in [6.45, 7) is 5.65. The molecule has 0 aromatic rings. The Kier molecular flexibility index (Phi) is 4.81. The van der Waals surface area contributed by atoms with Crippen molar-refractivity contribution in [3.8, 4) is 0 Å². The molecule has 130 valence electrons. The van der Waals surface area contributed by atoms with Gasteiger partial charge < -0.3 is 19.5 Å². The Morgan fingerprint density at radius 2 is 2.26 bits per heavy atom. The molecule has 0 aromatic heterocycles. The average molecular weight is 323 g/mol. The Bertz CT molecular complexity index is 491. The van der Waals surface area contributed by atoms with Crippen LogP contribution in [0.1, 0.15) is 39.5 Å². The highest BCUT2D eigenvalue weighted by Crippen LogP contribution is 2.50. The third-order valence-electron chi connectivity index (χ3n) is 5.73. The van der Waals surface area contributed by atoms with E-state index in [-0.39, 0.29) is 42.2 Å². The molecule has 0 saturated carbocycles. The van der Waals surface area contributed by atoms with E-state index in [1.807, 2.05) is 11.9 Å². The van der Waals surface area contributed by atoms with E-state index in [0.717, 1.165) is 25.7 Å². The first-order valence-electron chi connectivity index (χ1n) is 8.78. The molecule has 5 nitrogen and oxygen atoms in total. The quantitative estimate of drug-likeness (QED) is 0.485. The van der Waals surface area contributed by atoms with Crippen molar-refractivity contribution in [3.05, 3.63) is 11.6 Å². The molecule has 0 aromatic carbocycles. The van der Waals surface area contributed by atoms with Crippen molar-refractivity contribution >= 4 is 5.97 Å². The van der Waals surface area contributed by atoms with Crippen LogP contribution in [0, 0.1) is 11.8 Å². The van der Waals surface area contributed by atoms with E-state index in [2.05, 4.69) is 19.9 Å². The van der Waals surface area contributed by atoms with E-state index in [1.165, 1.54) is 5.57 Å². The van der Waals surface area contributed by atoms with Gasteiger partial charge in [-0.2, -0.15) is 0 Å². The van der Waals surface area contributed by atoms with Crippen LogP contribution in [-0.4, -0.2) is 60.5 Å². The number of esters is 1. The minimum Gasteiger partial charge on any atom is -0.459 e. The molecule has 0 amide bonds. The molecule has 5 heteroatoms. The molecule has 2 fully saturated rings. The van der Waals surface area contributed by atoms with Crippen LogP contribution in [0.25, 0.3) is 0 Å². The van der Waals surface area contributed by atoms with Crippen LogP contribution >= 0.6 is 0 Å². The van der Waals surface area contributed by atoms with Gasteiger partial charge in [0.2, 0.25) is 0 Å². The number of aliphatic hydroxyl groups excluding tert-OH is 1. The number of likely N-dealkylation sites (N-methyl/N-ethyl adjacent to an activating group) is 1. The van der Waals surface area contributed by atoms with Crippen LogP contribution in [0.15, 0.2) is 11.6 Å². The van der Waals surface area contributed by atoms with Gasteiger partial charge in [0.1, 0.15) is 12.2 Å². The zero-order valence-electron chi connectivity index (χ0n) is 14.5. The monoisotopic (exact) mass is 323 g/mol. The molecule has 5 atom stereocenters. The summed E-state index contributed by atoms with van der Waals surface area (Å²) in [5.74, 6) is -0.00216. The predicted octanol–water partition coefficient (Wildman–Crippen LogP) is 1.75. The number of ether oxygens (including phenoxy) is 2. The Hall–Kier alpha value is -0.910. The average Bonchev–Trinajstić information content (AvgIpc) is 3.06. The molecule has 1 N–H and O–H groups in total. The largest absolute Gasteiger partial charge is 0.459 e. The SMILES string of the molecule is C/C1=C\CC[C@@]2(C)O[C@H]2[C@H]2OC(=O)[C@@H](CN(C)CCO)[C@@H]2CC1. The minimum absolute atomic E-state index is 0.0522. The maximum absolute atomic E-state index is 12.4. The number of hydrogen-bond donors (Lipinski definition) is 1. The van der Waals surface area contributed by atoms with Gasteiger partial charge in [0, 0.05) is 19.0 Å². The lowest BCUT2D eigenvalue weighted by Crippen LogP contribution is -2.36. The van der Waals surface area contributed by atoms with E-state index < -0.39 is 0 Å². The smallest absolute Gasteiger partial charge is 0.311 e. The van der Waals surface area contributed by atoms with Crippen LogP contribution in [0.3, 0.4) is 0 Å². The molecular weight excluding hydrogens is 294 g/mol. The van der Waals surface area contributed by atoms with E-state index >= 15 is 0 Å². The Morgan fingerprint density at radius 3 is 3.00 bits per heavy atom. The van der Waals surface area contributed by atoms with E-state index in [1.54, 1.807) is 0 Å². The molecule has 3 aliphatic rings.